The van der Waals surface area contributed by atoms with Crippen molar-refractivity contribution in [1.82, 2.24) is 9.55 Å². The fourth-order valence-corrected chi connectivity index (χ4v) is 4.50. The van der Waals surface area contributed by atoms with Crippen molar-refractivity contribution in [3.05, 3.63) is 111 Å². The number of hydrogen-bond donors (Lipinski definition) is 2. The van der Waals surface area contributed by atoms with Gasteiger partial charge in [0.2, 0.25) is 0 Å². The Morgan fingerprint density at radius 2 is 1.68 bits per heavy atom. The van der Waals surface area contributed by atoms with Crippen LogP contribution in [0.15, 0.2) is 70.1 Å². The topological polar surface area (TPSA) is 123 Å². The third-order valence-electron chi connectivity index (χ3n) is 6.43. The van der Waals surface area contributed by atoms with Crippen molar-refractivity contribution in [2.24, 2.45) is 0 Å². The summed E-state index contributed by atoms with van der Waals surface area (Å²) in [6.45, 7) is 3.96. The third kappa shape index (κ3) is 5.53. The number of hydrogen-bond acceptors (Lipinski definition) is 5. The molecule has 2 aromatic heterocycles. The van der Waals surface area contributed by atoms with Crippen LogP contribution in [0.2, 0.25) is 0 Å². The van der Waals surface area contributed by atoms with Crippen LogP contribution in [0.3, 0.4) is 0 Å². The van der Waals surface area contributed by atoms with Gasteiger partial charge in [-0.2, -0.15) is 4.98 Å². The van der Waals surface area contributed by atoms with Gasteiger partial charge in [0, 0.05) is 17.7 Å². The highest BCUT2D eigenvalue weighted by molar-refractivity contribution is 5.96. The summed E-state index contributed by atoms with van der Waals surface area (Å²) in [5.41, 5.74) is 3.64. The first kappa shape index (κ1) is 25.6. The highest BCUT2D eigenvalue weighted by atomic mass is 16.4. The number of carboxylic acid groups (broad SMARTS) is 2. The minimum absolute atomic E-state index is 0.0818. The molecule has 37 heavy (non-hydrogen) atoms. The maximum Gasteiger partial charge on any atom is 0.339 e. The molecule has 0 unspecified atom stereocenters. The molecule has 2 N–H and O–H groups in total. The fourth-order valence-electron chi connectivity index (χ4n) is 4.50. The summed E-state index contributed by atoms with van der Waals surface area (Å²) < 4.78 is 7.34. The molecule has 0 fully saturated rings. The second kappa shape index (κ2) is 11.1. The van der Waals surface area contributed by atoms with E-state index in [1.54, 1.807) is 31.2 Å². The van der Waals surface area contributed by atoms with Gasteiger partial charge in [-0.15, -0.1) is 0 Å². The van der Waals surface area contributed by atoms with Crippen molar-refractivity contribution in [3.8, 4) is 11.1 Å². The smallest absolute Gasteiger partial charge is 0.339 e. The van der Waals surface area contributed by atoms with Crippen molar-refractivity contribution >= 4 is 11.9 Å². The summed E-state index contributed by atoms with van der Waals surface area (Å²) in [6, 6.07) is 15.7. The van der Waals surface area contributed by atoms with E-state index in [1.165, 1.54) is 12.3 Å². The van der Waals surface area contributed by atoms with Gasteiger partial charge >= 0.3 is 11.9 Å². The number of benzene rings is 2. The van der Waals surface area contributed by atoms with Crippen LogP contribution in [0.5, 0.6) is 0 Å². The molecule has 0 saturated carbocycles. The first-order valence-electron chi connectivity index (χ1n) is 12.1. The molecule has 0 saturated heterocycles. The number of carboxylic acids is 2. The SMILES string of the molecule is CCCCc1c(Cc2ccc(-c3ccccc3C(=O)O)cc2)c(=O)nc(C)n1Cc1occc1C(=O)O. The summed E-state index contributed by atoms with van der Waals surface area (Å²) in [5.74, 6) is -1.27. The second-order valence-corrected chi connectivity index (χ2v) is 8.87. The summed E-state index contributed by atoms with van der Waals surface area (Å²) in [4.78, 5) is 40.5. The molecule has 0 radical (unpaired) electrons. The Labute approximate surface area is 213 Å². The van der Waals surface area contributed by atoms with Crippen molar-refractivity contribution in [2.75, 3.05) is 0 Å². The normalized spacial score (nSPS) is 11.0. The zero-order valence-corrected chi connectivity index (χ0v) is 20.7. The Balaban J connectivity index is 1.72. The molecule has 0 aliphatic carbocycles. The molecule has 8 heteroatoms. The Hall–Kier alpha value is -4.46. The first-order valence-corrected chi connectivity index (χ1v) is 12.1. The molecular formula is C29H28N2O6. The quantitative estimate of drug-likeness (QED) is 0.307. The molecule has 0 aliphatic rings. The summed E-state index contributed by atoms with van der Waals surface area (Å²) >= 11 is 0. The zero-order valence-electron chi connectivity index (χ0n) is 20.7. The fraction of sp³-hybridized carbons (Fsp3) is 0.241. The average Bonchev–Trinajstić information content (AvgIpc) is 3.35. The Morgan fingerprint density at radius 1 is 0.973 bits per heavy atom. The largest absolute Gasteiger partial charge is 0.478 e. The lowest BCUT2D eigenvalue weighted by Gasteiger charge is -2.19. The van der Waals surface area contributed by atoms with E-state index in [2.05, 4.69) is 11.9 Å². The molecule has 0 bridgehead atoms. The van der Waals surface area contributed by atoms with Crippen LogP contribution in [-0.2, 0) is 19.4 Å². The Kier molecular flexibility index (Phi) is 7.67. The predicted molar refractivity (Wildman–Crippen MR) is 138 cm³/mol. The molecule has 8 nitrogen and oxygen atoms in total. The van der Waals surface area contributed by atoms with Gasteiger partial charge in [0.1, 0.15) is 17.1 Å². The summed E-state index contributed by atoms with van der Waals surface area (Å²) in [7, 11) is 0. The van der Waals surface area contributed by atoms with Crippen molar-refractivity contribution in [2.45, 2.75) is 46.1 Å². The van der Waals surface area contributed by atoms with E-state index >= 15 is 0 Å². The maximum atomic E-state index is 13.1. The van der Waals surface area contributed by atoms with Crippen LogP contribution in [0, 0.1) is 6.92 Å². The Morgan fingerprint density at radius 3 is 2.35 bits per heavy atom. The molecule has 0 amide bonds. The lowest BCUT2D eigenvalue weighted by atomic mass is 9.96. The van der Waals surface area contributed by atoms with Crippen LogP contribution in [0.1, 0.15) is 68.9 Å². The molecule has 2 heterocycles. The van der Waals surface area contributed by atoms with Crippen molar-refractivity contribution in [1.29, 1.82) is 0 Å². The van der Waals surface area contributed by atoms with E-state index in [4.69, 9.17) is 4.42 Å². The van der Waals surface area contributed by atoms with Gasteiger partial charge in [-0.3, -0.25) is 4.79 Å². The number of nitrogens with zero attached hydrogens (tertiary/aromatic N) is 2. The molecule has 4 aromatic rings. The highest BCUT2D eigenvalue weighted by Gasteiger charge is 2.20. The monoisotopic (exact) mass is 500 g/mol. The third-order valence-corrected chi connectivity index (χ3v) is 6.43. The molecule has 0 atom stereocenters. The van der Waals surface area contributed by atoms with Crippen LogP contribution in [0.4, 0.5) is 0 Å². The first-order chi connectivity index (χ1) is 17.8. The number of aromatic carboxylic acids is 2. The zero-order chi connectivity index (χ0) is 26.5. The minimum Gasteiger partial charge on any atom is -0.478 e. The van der Waals surface area contributed by atoms with Crippen molar-refractivity contribution < 1.29 is 24.2 Å². The molecular weight excluding hydrogens is 472 g/mol. The number of unbranched alkanes of at least 4 members (excludes halogenated alkanes) is 1. The lowest BCUT2D eigenvalue weighted by Crippen LogP contribution is -2.26. The minimum atomic E-state index is -1.07. The van der Waals surface area contributed by atoms with E-state index in [1.807, 2.05) is 28.8 Å². The van der Waals surface area contributed by atoms with E-state index in [0.717, 1.165) is 29.7 Å². The second-order valence-electron chi connectivity index (χ2n) is 8.87. The van der Waals surface area contributed by atoms with Crippen LogP contribution in [0.25, 0.3) is 11.1 Å². The van der Waals surface area contributed by atoms with Gasteiger partial charge in [-0.1, -0.05) is 55.8 Å². The van der Waals surface area contributed by atoms with E-state index in [0.29, 0.717) is 35.6 Å². The van der Waals surface area contributed by atoms with E-state index < -0.39 is 11.9 Å². The molecule has 0 aliphatic heterocycles. The van der Waals surface area contributed by atoms with E-state index in [9.17, 15) is 24.6 Å². The predicted octanol–water partition coefficient (Wildman–Crippen LogP) is 5.19. The van der Waals surface area contributed by atoms with Gasteiger partial charge in [0.05, 0.1) is 18.4 Å². The number of rotatable bonds is 10. The van der Waals surface area contributed by atoms with Crippen LogP contribution in [-0.4, -0.2) is 31.7 Å². The summed E-state index contributed by atoms with van der Waals surface area (Å²) in [6.07, 6.45) is 4.10. The van der Waals surface area contributed by atoms with Gasteiger partial charge in [-0.25, -0.2) is 9.59 Å². The van der Waals surface area contributed by atoms with Crippen LogP contribution < -0.4 is 5.56 Å². The van der Waals surface area contributed by atoms with Gasteiger partial charge < -0.3 is 19.2 Å². The molecule has 190 valence electrons. The standard InChI is InChI=1S/C29H28N2O6/c1-3-4-9-25-24(27(32)30-18(2)31(25)17-26-23(29(35)36)14-15-37-26)16-19-10-12-20(13-11-19)21-7-5-6-8-22(21)28(33)34/h5-8,10-15H,3-4,9,16-17H2,1-2H3,(H,33,34)(H,35,36). The molecule has 0 spiro atoms. The highest BCUT2D eigenvalue weighted by Crippen LogP contribution is 2.25. The molecule has 4 rings (SSSR count). The molecule has 2 aromatic carbocycles. The average molecular weight is 501 g/mol. The van der Waals surface area contributed by atoms with Gasteiger partial charge in [0.15, 0.2) is 0 Å². The van der Waals surface area contributed by atoms with Crippen molar-refractivity contribution in [3.63, 3.8) is 0 Å². The number of aryl methyl sites for hydroxylation is 1. The number of furan rings is 1. The lowest BCUT2D eigenvalue weighted by molar-refractivity contribution is 0.0685. The van der Waals surface area contributed by atoms with E-state index in [-0.39, 0.29) is 23.2 Å². The van der Waals surface area contributed by atoms with Gasteiger partial charge in [0.25, 0.3) is 5.56 Å². The Bertz CT molecular complexity index is 1500. The van der Waals surface area contributed by atoms with Crippen LogP contribution >= 0.6 is 0 Å². The van der Waals surface area contributed by atoms with Gasteiger partial charge in [-0.05, 0) is 48.6 Å². The number of carbonyl (C=O) groups is 2. The summed E-state index contributed by atoms with van der Waals surface area (Å²) in [5, 5.41) is 19.0. The number of aromatic nitrogens is 2. The maximum absolute atomic E-state index is 13.1.